The summed E-state index contributed by atoms with van der Waals surface area (Å²) in [6.45, 7) is 1.53. The number of hydrogen-bond donors (Lipinski definition) is 1. The molecule has 0 amide bonds. The lowest BCUT2D eigenvalue weighted by molar-refractivity contribution is -0.00366. The van der Waals surface area contributed by atoms with Gasteiger partial charge >= 0.3 is 10.4 Å². The summed E-state index contributed by atoms with van der Waals surface area (Å²) in [4.78, 5) is -0.246. The van der Waals surface area contributed by atoms with Gasteiger partial charge in [-0.15, -0.1) is 0 Å². The van der Waals surface area contributed by atoms with Crippen molar-refractivity contribution in [3.05, 3.63) is 35.4 Å². The van der Waals surface area contributed by atoms with Gasteiger partial charge < -0.3 is 28.4 Å². The minimum atomic E-state index is -4.85. The van der Waals surface area contributed by atoms with Crippen LogP contribution in [0.25, 0.3) is 0 Å². The molecule has 1 fully saturated rings. The van der Waals surface area contributed by atoms with Gasteiger partial charge in [0.2, 0.25) is 12.0 Å². The molecule has 3 atom stereocenters. The zero-order chi connectivity index (χ0) is 28.3. The van der Waals surface area contributed by atoms with Gasteiger partial charge in [0.25, 0.3) is 0 Å². The fourth-order valence-corrected chi connectivity index (χ4v) is 5.46. The van der Waals surface area contributed by atoms with Crippen LogP contribution >= 0.6 is 0 Å². The van der Waals surface area contributed by atoms with E-state index in [9.17, 15) is 16.8 Å². The Hall–Kier alpha value is -2.78. The van der Waals surface area contributed by atoms with Crippen molar-refractivity contribution in [3.63, 3.8) is 0 Å². The van der Waals surface area contributed by atoms with Gasteiger partial charge in [-0.05, 0) is 48.2 Å². The van der Waals surface area contributed by atoms with Gasteiger partial charge in [-0.2, -0.15) is 8.42 Å². The average molecular weight is 577 g/mol. The molecule has 2 aromatic rings. The van der Waals surface area contributed by atoms with Crippen LogP contribution in [0.15, 0.2) is 29.2 Å². The van der Waals surface area contributed by atoms with Crippen LogP contribution in [-0.2, 0) is 29.2 Å². The number of methoxy groups -OCH3 is 4. The largest absolute Gasteiger partial charge is 0.493 e. The molecule has 38 heavy (non-hydrogen) atoms. The molecule has 212 valence electrons. The summed E-state index contributed by atoms with van der Waals surface area (Å²) in [6, 6.07) is 6.56. The van der Waals surface area contributed by atoms with Crippen LogP contribution in [0.4, 0.5) is 0 Å². The third-order valence-corrected chi connectivity index (χ3v) is 7.48. The highest BCUT2D eigenvalue weighted by Gasteiger charge is 2.33. The highest BCUT2D eigenvalue weighted by Crippen LogP contribution is 2.48. The molecular formula is C24H32O12S2. The Morgan fingerprint density at radius 1 is 0.842 bits per heavy atom. The smallest absolute Gasteiger partial charge is 0.400 e. The van der Waals surface area contributed by atoms with E-state index >= 15 is 0 Å². The molecule has 1 N–H and O–H groups in total. The number of hydrogen-bond acceptors (Lipinski definition) is 11. The first-order valence-corrected chi connectivity index (χ1v) is 14.8. The number of ether oxygens (including phenoxy) is 6. The fourth-order valence-electron chi connectivity index (χ4n) is 4.18. The lowest BCUT2D eigenvalue weighted by atomic mass is 10.0. The minimum absolute atomic E-state index is 0.0178. The Balaban J connectivity index is 1.98. The van der Waals surface area contributed by atoms with Gasteiger partial charge in [0.15, 0.2) is 32.8 Å². The van der Waals surface area contributed by atoms with Crippen molar-refractivity contribution < 1.29 is 54.0 Å². The lowest BCUT2D eigenvalue weighted by Crippen LogP contribution is -2.24. The molecule has 0 bridgehead atoms. The monoisotopic (exact) mass is 576 g/mol. The fraction of sp³-hybridized carbons (Fsp3) is 0.500. The molecule has 0 aliphatic carbocycles. The van der Waals surface area contributed by atoms with E-state index in [1.54, 1.807) is 18.2 Å². The summed E-state index contributed by atoms with van der Waals surface area (Å²) in [5.74, 6) is 1.20. The molecule has 0 saturated carbocycles. The first-order valence-electron chi connectivity index (χ1n) is 11.5. The molecule has 0 spiro atoms. The molecule has 1 heterocycles. The van der Waals surface area contributed by atoms with E-state index in [0.717, 1.165) is 11.8 Å². The van der Waals surface area contributed by atoms with Gasteiger partial charge in [-0.1, -0.05) is 6.92 Å². The molecule has 1 saturated heterocycles. The topological polar surface area (TPSA) is 153 Å². The summed E-state index contributed by atoms with van der Waals surface area (Å²) in [6.07, 6.45) is -0.163. The van der Waals surface area contributed by atoms with Crippen LogP contribution in [0.1, 0.15) is 49.5 Å². The van der Waals surface area contributed by atoms with E-state index in [4.69, 9.17) is 33.0 Å². The third-order valence-electron chi connectivity index (χ3n) is 5.92. The highest BCUT2D eigenvalue weighted by molar-refractivity contribution is 7.90. The van der Waals surface area contributed by atoms with Crippen molar-refractivity contribution in [2.75, 3.05) is 34.7 Å². The molecule has 3 unspecified atom stereocenters. The molecule has 0 aromatic heterocycles. The number of rotatable bonds is 12. The van der Waals surface area contributed by atoms with Crippen LogP contribution in [0.3, 0.4) is 0 Å². The molecular weight excluding hydrogens is 544 g/mol. The summed E-state index contributed by atoms with van der Waals surface area (Å²) < 4.78 is 94.8. The molecule has 2 aromatic carbocycles. The van der Waals surface area contributed by atoms with Gasteiger partial charge in [-0.3, -0.25) is 4.55 Å². The predicted octanol–water partition coefficient (Wildman–Crippen LogP) is 3.65. The Bertz CT molecular complexity index is 1330. The zero-order valence-corrected chi connectivity index (χ0v) is 23.6. The van der Waals surface area contributed by atoms with E-state index in [-0.39, 0.29) is 28.9 Å². The van der Waals surface area contributed by atoms with Crippen molar-refractivity contribution >= 4 is 20.2 Å². The van der Waals surface area contributed by atoms with Gasteiger partial charge in [-0.25, -0.2) is 12.6 Å². The maximum Gasteiger partial charge on any atom is 0.400 e. The second-order valence-corrected chi connectivity index (χ2v) is 11.5. The van der Waals surface area contributed by atoms with E-state index < -0.39 is 32.6 Å². The Labute approximate surface area is 222 Å². The summed E-state index contributed by atoms with van der Waals surface area (Å²) >= 11 is 0. The van der Waals surface area contributed by atoms with Crippen LogP contribution in [0, 0.1) is 0 Å². The minimum Gasteiger partial charge on any atom is -0.493 e. The van der Waals surface area contributed by atoms with Gasteiger partial charge in [0.1, 0.15) is 4.90 Å². The summed E-state index contributed by atoms with van der Waals surface area (Å²) in [5.41, 5.74) is 1.32. The number of sulfone groups is 1. The van der Waals surface area contributed by atoms with Crippen LogP contribution in [0.5, 0.6) is 28.7 Å². The second-order valence-electron chi connectivity index (χ2n) is 8.45. The van der Waals surface area contributed by atoms with Crippen molar-refractivity contribution in [2.24, 2.45) is 0 Å². The highest BCUT2D eigenvalue weighted by atomic mass is 32.3. The second kappa shape index (κ2) is 11.9. The summed E-state index contributed by atoms with van der Waals surface area (Å²) in [5, 5.41) is 0. The molecule has 0 radical (unpaired) electrons. The first kappa shape index (κ1) is 29.8. The average Bonchev–Trinajstić information content (AvgIpc) is 3.36. The van der Waals surface area contributed by atoms with E-state index in [1.807, 2.05) is 0 Å². The molecule has 3 rings (SSSR count). The first-order chi connectivity index (χ1) is 17.8. The standard InChI is InChI=1S/C24H32O12S2/c1-7-22(36-38(27,28)29)35-24-20(32-4)12-15(13-21(24)37(6,25)26)17-9-8-16(34-17)14-10-18(30-2)23(33-5)19(11-14)31-3/h10-13,16-17,22H,7-9H2,1-6H3,(H,27,28,29). The SMILES string of the molecule is CCC(Oc1c(OC)cc(C2CCC(c3cc(OC)c(OC)c(OC)c3)O2)cc1S(C)(=O)=O)OS(=O)(=O)O. The van der Waals surface area contributed by atoms with Crippen LogP contribution in [-0.4, -0.2) is 62.4 Å². The Morgan fingerprint density at radius 3 is 1.71 bits per heavy atom. The molecule has 12 nitrogen and oxygen atoms in total. The van der Waals surface area contributed by atoms with Gasteiger partial charge in [0, 0.05) is 12.7 Å². The van der Waals surface area contributed by atoms with Gasteiger partial charge in [0.05, 0.1) is 40.6 Å². The zero-order valence-electron chi connectivity index (χ0n) is 21.9. The normalized spacial score (nSPS) is 18.6. The van der Waals surface area contributed by atoms with Crippen LogP contribution in [0.2, 0.25) is 0 Å². The maximum absolute atomic E-state index is 12.7. The predicted molar refractivity (Wildman–Crippen MR) is 135 cm³/mol. The maximum atomic E-state index is 12.7. The van der Waals surface area contributed by atoms with Crippen LogP contribution < -0.4 is 23.7 Å². The number of benzene rings is 2. The van der Waals surface area contributed by atoms with E-state index in [0.29, 0.717) is 35.7 Å². The van der Waals surface area contributed by atoms with Crippen molar-refractivity contribution in [3.8, 4) is 28.7 Å². The lowest BCUT2D eigenvalue weighted by Gasteiger charge is -2.22. The van der Waals surface area contributed by atoms with Crippen molar-refractivity contribution in [2.45, 2.75) is 49.6 Å². The van der Waals surface area contributed by atoms with E-state index in [1.165, 1.54) is 41.4 Å². The van der Waals surface area contributed by atoms with Crippen molar-refractivity contribution in [1.29, 1.82) is 0 Å². The van der Waals surface area contributed by atoms with Crippen molar-refractivity contribution in [1.82, 2.24) is 0 Å². The molecule has 1 aliphatic rings. The molecule has 1 aliphatic heterocycles. The quantitative estimate of drug-likeness (QED) is 0.290. The Kier molecular flexibility index (Phi) is 9.36. The van der Waals surface area contributed by atoms with E-state index in [2.05, 4.69) is 4.18 Å². The summed E-state index contributed by atoms with van der Waals surface area (Å²) in [7, 11) is -2.86. The third kappa shape index (κ3) is 6.80. The molecule has 14 heteroatoms. The Morgan fingerprint density at radius 2 is 1.32 bits per heavy atom.